The van der Waals surface area contributed by atoms with Crippen LogP contribution in [0.1, 0.15) is 0 Å². The molecule has 0 radical (unpaired) electrons. The highest BCUT2D eigenvalue weighted by molar-refractivity contribution is 7.92. The number of anilines is 1. The highest BCUT2D eigenvalue weighted by Gasteiger charge is 2.33. The fraction of sp³-hybridized carbons (Fsp3) is 0.333. The zero-order valence-electron chi connectivity index (χ0n) is 8.25. The maximum absolute atomic E-state index is 11.0. The number of rotatable bonds is 2. The zero-order chi connectivity index (χ0) is 11.2. The Hall–Kier alpha value is -1.21. The van der Waals surface area contributed by atoms with E-state index in [-0.39, 0.29) is 17.5 Å². The second-order valence-electron chi connectivity index (χ2n) is 3.78. The third kappa shape index (κ3) is 1.65. The van der Waals surface area contributed by atoms with E-state index in [9.17, 15) is 8.42 Å². The van der Waals surface area contributed by atoms with E-state index in [1.54, 1.807) is 11.3 Å². The van der Waals surface area contributed by atoms with E-state index in [0.29, 0.717) is 0 Å². The van der Waals surface area contributed by atoms with E-state index in [1.165, 1.54) is 6.33 Å². The zero-order valence-corrected chi connectivity index (χ0v) is 9.88. The normalized spacial score (nSPS) is 19.5. The lowest BCUT2D eigenvalue weighted by molar-refractivity contribution is 0.570. The number of fused-ring (bicyclic) bond motifs is 1. The molecule has 7 heteroatoms. The molecule has 0 amide bonds. The molecule has 0 unspecified atom stereocenters. The van der Waals surface area contributed by atoms with E-state index >= 15 is 0 Å². The Morgan fingerprint density at radius 1 is 1.38 bits per heavy atom. The van der Waals surface area contributed by atoms with Gasteiger partial charge in [-0.25, -0.2) is 18.4 Å². The van der Waals surface area contributed by atoms with Gasteiger partial charge in [0.2, 0.25) is 0 Å². The number of hydrogen-bond donors (Lipinski definition) is 1. The lowest BCUT2D eigenvalue weighted by Gasteiger charge is -2.27. The summed E-state index contributed by atoms with van der Waals surface area (Å²) >= 11 is 1.55. The van der Waals surface area contributed by atoms with Gasteiger partial charge in [0, 0.05) is 0 Å². The van der Waals surface area contributed by atoms with Crippen molar-refractivity contribution in [2.75, 3.05) is 16.8 Å². The van der Waals surface area contributed by atoms with Crippen LogP contribution >= 0.6 is 11.3 Å². The van der Waals surface area contributed by atoms with E-state index in [4.69, 9.17) is 0 Å². The van der Waals surface area contributed by atoms with Crippen molar-refractivity contribution < 1.29 is 8.42 Å². The molecule has 1 aliphatic heterocycles. The van der Waals surface area contributed by atoms with Crippen LogP contribution in [-0.2, 0) is 9.84 Å². The number of hydrogen-bond acceptors (Lipinski definition) is 6. The second kappa shape index (κ2) is 3.39. The molecule has 0 aromatic carbocycles. The van der Waals surface area contributed by atoms with E-state index in [1.807, 2.05) is 11.4 Å². The third-order valence-electron chi connectivity index (χ3n) is 2.49. The molecule has 3 rings (SSSR count). The van der Waals surface area contributed by atoms with E-state index in [2.05, 4.69) is 15.3 Å². The Bertz CT molecular complexity index is 623. The molecular formula is C9H9N3O2S2. The van der Waals surface area contributed by atoms with Crippen molar-refractivity contribution in [3.05, 3.63) is 17.8 Å². The van der Waals surface area contributed by atoms with Crippen LogP contribution in [0, 0.1) is 0 Å². The van der Waals surface area contributed by atoms with Crippen LogP contribution < -0.4 is 5.32 Å². The standard InChI is InChI=1S/C9H9N3O2S2/c13-16(14)3-6(4-16)12-9-8-7(1-2-15-8)10-5-11-9/h1-2,5-6H,3-4H2,(H,10,11,12). The van der Waals surface area contributed by atoms with Crippen molar-refractivity contribution in [1.29, 1.82) is 0 Å². The van der Waals surface area contributed by atoms with E-state index in [0.717, 1.165) is 16.0 Å². The van der Waals surface area contributed by atoms with Gasteiger partial charge in [-0.05, 0) is 11.4 Å². The van der Waals surface area contributed by atoms with Gasteiger partial charge >= 0.3 is 0 Å². The van der Waals surface area contributed by atoms with Crippen molar-refractivity contribution in [1.82, 2.24) is 9.97 Å². The van der Waals surface area contributed by atoms with Crippen molar-refractivity contribution in [2.45, 2.75) is 6.04 Å². The number of sulfone groups is 1. The summed E-state index contributed by atoms with van der Waals surface area (Å²) in [4.78, 5) is 8.26. The van der Waals surface area contributed by atoms with Gasteiger partial charge in [-0.1, -0.05) is 0 Å². The summed E-state index contributed by atoms with van der Waals surface area (Å²) in [5.74, 6) is 1.13. The van der Waals surface area contributed by atoms with Crippen molar-refractivity contribution in [3.8, 4) is 0 Å². The van der Waals surface area contributed by atoms with Gasteiger partial charge in [0.05, 0.1) is 27.8 Å². The van der Waals surface area contributed by atoms with Crippen LogP contribution in [0.3, 0.4) is 0 Å². The molecular weight excluding hydrogens is 246 g/mol. The monoisotopic (exact) mass is 255 g/mol. The molecule has 16 heavy (non-hydrogen) atoms. The average Bonchev–Trinajstić information content (AvgIpc) is 2.63. The minimum atomic E-state index is -2.79. The van der Waals surface area contributed by atoms with Crippen molar-refractivity contribution >= 4 is 37.2 Å². The summed E-state index contributed by atoms with van der Waals surface area (Å²) in [6.07, 6.45) is 1.49. The molecule has 84 valence electrons. The Morgan fingerprint density at radius 3 is 2.94 bits per heavy atom. The van der Waals surface area contributed by atoms with Crippen molar-refractivity contribution in [2.24, 2.45) is 0 Å². The topological polar surface area (TPSA) is 72.0 Å². The first-order valence-electron chi connectivity index (χ1n) is 4.79. The van der Waals surface area contributed by atoms with Gasteiger partial charge in [0.25, 0.3) is 0 Å². The molecule has 0 bridgehead atoms. The maximum Gasteiger partial charge on any atom is 0.154 e. The van der Waals surface area contributed by atoms with Crippen LogP contribution in [0.4, 0.5) is 5.82 Å². The van der Waals surface area contributed by atoms with Gasteiger partial charge in [-0.2, -0.15) is 0 Å². The molecule has 0 atom stereocenters. The fourth-order valence-corrected chi connectivity index (χ4v) is 3.83. The maximum atomic E-state index is 11.0. The predicted octanol–water partition coefficient (Wildman–Crippen LogP) is 0.900. The van der Waals surface area contributed by atoms with Crippen LogP contribution in [0.2, 0.25) is 0 Å². The van der Waals surface area contributed by atoms with Gasteiger partial charge in [0.1, 0.15) is 12.1 Å². The third-order valence-corrected chi connectivity index (χ3v) is 5.23. The van der Waals surface area contributed by atoms with Gasteiger partial charge in [-0.3, -0.25) is 0 Å². The first-order valence-corrected chi connectivity index (χ1v) is 7.49. The van der Waals surface area contributed by atoms with Gasteiger partial charge in [0.15, 0.2) is 9.84 Å². The minimum absolute atomic E-state index is 0.00907. The Kier molecular flexibility index (Phi) is 2.11. The molecule has 0 aliphatic carbocycles. The molecule has 0 spiro atoms. The highest BCUT2D eigenvalue weighted by Crippen LogP contribution is 2.26. The molecule has 0 saturated carbocycles. The lowest BCUT2D eigenvalue weighted by atomic mass is 10.3. The first kappa shape index (κ1) is 9.98. The number of nitrogens with one attached hydrogen (secondary N) is 1. The van der Waals surface area contributed by atoms with Crippen molar-refractivity contribution in [3.63, 3.8) is 0 Å². The predicted molar refractivity (Wildman–Crippen MR) is 63.5 cm³/mol. The van der Waals surface area contributed by atoms with Crippen LogP contribution in [0.5, 0.6) is 0 Å². The molecule has 1 saturated heterocycles. The molecule has 2 aromatic heterocycles. The summed E-state index contributed by atoms with van der Waals surface area (Å²) < 4.78 is 23.0. The number of thiophene rings is 1. The van der Waals surface area contributed by atoms with Gasteiger partial charge < -0.3 is 5.32 Å². The molecule has 1 fully saturated rings. The Labute approximate surface area is 96.5 Å². The molecule has 5 nitrogen and oxygen atoms in total. The highest BCUT2D eigenvalue weighted by atomic mass is 32.2. The van der Waals surface area contributed by atoms with E-state index < -0.39 is 9.84 Å². The van der Waals surface area contributed by atoms with Gasteiger partial charge in [-0.15, -0.1) is 11.3 Å². The lowest BCUT2D eigenvalue weighted by Crippen LogP contribution is -2.46. The summed E-state index contributed by atoms with van der Waals surface area (Å²) in [7, 11) is -2.79. The minimum Gasteiger partial charge on any atom is -0.364 e. The first-order chi connectivity index (χ1) is 7.64. The molecule has 1 N–H and O–H groups in total. The van der Waals surface area contributed by atoms with Crippen LogP contribution in [0.25, 0.3) is 10.2 Å². The summed E-state index contributed by atoms with van der Waals surface area (Å²) in [5, 5.41) is 5.09. The molecule has 3 heterocycles. The van der Waals surface area contributed by atoms with Crippen LogP contribution in [0.15, 0.2) is 17.8 Å². The SMILES string of the molecule is O=S1(=O)CC(Nc2ncnc3ccsc23)C1. The average molecular weight is 255 g/mol. The second-order valence-corrected chi connectivity index (χ2v) is 6.85. The Balaban J connectivity index is 1.87. The molecule has 2 aromatic rings. The largest absolute Gasteiger partial charge is 0.364 e. The quantitative estimate of drug-likeness (QED) is 0.863. The summed E-state index contributed by atoms with van der Waals surface area (Å²) in [6, 6.07) is 1.91. The number of nitrogens with zero attached hydrogens (tertiary/aromatic N) is 2. The van der Waals surface area contributed by atoms with Crippen LogP contribution in [-0.4, -0.2) is 35.9 Å². The fourth-order valence-electron chi connectivity index (χ4n) is 1.73. The number of aromatic nitrogens is 2. The smallest absolute Gasteiger partial charge is 0.154 e. The Morgan fingerprint density at radius 2 is 2.19 bits per heavy atom. The summed E-state index contributed by atoms with van der Waals surface area (Å²) in [5.41, 5.74) is 0.893. The molecule has 1 aliphatic rings. The summed E-state index contributed by atoms with van der Waals surface area (Å²) in [6.45, 7) is 0.